The second-order valence-electron chi connectivity index (χ2n) is 4.33. The molecule has 0 spiro atoms. The SMILES string of the molecule is COCCNC(=O)/C=C/c1ccc(-c2ccc(Br)cc2)s1. The van der Waals surface area contributed by atoms with Crippen molar-refractivity contribution in [3.63, 3.8) is 0 Å². The summed E-state index contributed by atoms with van der Waals surface area (Å²) < 4.78 is 5.94. The number of benzene rings is 1. The average Bonchev–Trinajstić information content (AvgIpc) is 2.95. The molecule has 110 valence electrons. The van der Waals surface area contributed by atoms with Gasteiger partial charge in [-0.1, -0.05) is 28.1 Å². The first kappa shape index (κ1) is 15.9. The summed E-state index contributed by atoms with van der Waals surface area (Å²) in [5.41, 5.74) is 1.17. The first-order valence-electron chi connectivity index (χ1n) is 6.49. The molecule has 0 saturated carbocycles. The van der Waals surface area contributed by atoms with E-state index in [2.05, 4.69) is 39.4 Å². The zero-order chi connectivity index (χ0) is 15.1. The van der Waals surface area contributed by atoms with Crippen LogP contribution in [0.2, 0.25) is 0 Å². The third-order valence-electron chi connectivity index (χ3n) is 2.76. The Kier molecular flexibility index (Phi) is 6.17. The number of hydrogen-bond acceptors (Lipinski definition) is 3. The van der Waals surface area contributed by atoms with Crippen molar-refractivity contribution in [2.24, 2.45) is 0 Å². The molecule has 0 unspecified atom stereocenters. The molecule has 0 radical (unpaired) electrons. The van der Waals surface area contributed by atoms with Crippen molar-refractivity contribution in [3.8, 4) is 10.4 Å². The first-order valence-corrected chi connectivity index (χ1v) is 8.10. The fourth-order valence-corrected chi connectivity index (χ4v) is 2.89. The molecule has 1 aromatic carbocycles. The lowest BCUT2D eigenvalue weighted by Crippen LogP contribution is -2.24. The predicted molar refractivity (Wildman–Crippen MR) is 91.4 cm³/mol. The largest absolute Gasteiger partial charge is 0.383 e. The van der Waals surface area contributed by atoms with Gasteiger partial charge in [-0.15, -0.1) is 11.3 Å². The molecule has 0 aliphatic heterocycles. The van der Waals surface area contributed by atoms with E-state index in [1.165, 1.54) is 10.4 Å². The molecule has 21 heavy (non-hydrogen) atoms. The second kappa shape index (κ2) is 8.12. The summed E-state index contributed by atoms with van der Waals surface area (Å²) in [5, 5.41) is 2.75. The molecular weight excluding hydrogens is 350 g/mol. The third-order valence-corrected chi connectivity index (χ3v) is 4.39. The quantitative estimate of drug-likeness (QED) is 0.621. The molecular formula is C16H16BrNO2S. The van der Waals surface area contributed by atoms with Crippen LogP contribution in [0.1, 0.15) is 4.88 Å². The van der Waals surface area contributed by atoms with E-state index in [1.54, 1.807) is 24.5 Å². The van der Waals surface area contributed by atoms with Gasteiger partial charge < -0.3 is 10.1 Å². The normalized spacial score (nSPS) is 11.0. The average molecular weight is 366 g/mol. The Hall–Kier alpha value is -1.43. The van der Waals surface area contributed by atoms with Gasteiger partial charge >= 0.3 is 0 Å². The maximum absolute atomic E-state index is 11.6. The number of carbonyl (C=O) groups is 1. The number of halogens is 1. The second-order valence-corrected chi connectivity index (χ2v) is 6.36. The topological polar surface area (TPSA) is 38.3 Å². The number of thiophene rings is 1. The lowest BCUT2D eigenvalue weighted by Gasteiger charge is -1.99. The van der Waals surface area contributed by atoms with E-state index in [0.717, 1.165) is 9.35 Å². The van der Waals surface area contributed by atoms with Crippen molar-refractivity contribution in [3.05, 3.63) is 51.8 Å². The van der Waals surface area contributed by atoms with E-state index in [1.807, 2.05) is 24.3 Å². The highest BCUT2D eigenvalue weighted by Gasteiger charge is 2.01. The number of hydrogen-bond donors (Lipinski definition) is 1. The lowest BCUT2D eigenvalue weighted by molar-refractivity contribution is -0.116. The predicted octanol–water partition coefficient (Wildman–Crippen LogP) is 3.95. The molecule has 5 heteroatoms. The van der Waals surface area contributed by atoms with Crippen molar-refractivity contribution in [2.45, 2.75) is 0 Å². The Morgan fingerprint density at radius 3 is 2.76 bits per heavy atom. The maximum atomic E-state index is 11.6. The van der Waals surface area contributed by atoms with Crippen LogP contribution >= 0.6 is 27.3 Å². The Morgan fingerprint density at radius 1 is 1.29 bits per heavy atom. The zero-order valence-electron chi connectivity index (χ0n) is 11.6. The molecule has 1 N–H and O–H groups in total. The Labute approximate surface area is 136 Å². The number of rotatable bonds is 6. The Bertz CT molecular complexity index is 619. The summed E-state index contributed by atoms with van der Waals surface area (Å²) in [7, 11) is 1.61. The van der Waals surface area contributed by atoms with Crippen LogP contribution in [0.4, 0.5) is 0 Å². The number of ether oxygens (including phenoxy) is 1. The van der Waals surface area contributed by atoms with Gasteiger partial charge in [-0.25, -0.2) is 0 Å². The van der Waals surface area contributed by atoms with Gasteiger partial charge in [0.25, 0.3) is 0 Å². The molecule has 2 rings (SSSR count). The van der Waals surface area contributed by atoms with Crippen LogP contribution in [0, 0.1) is 0 Å². The van der Waals surface area contributed by atoms with Crippen molar-refractivity contribution < 1.29 is 9.53 Å². The van der Waals surface area contributed by atoms with Crippen LogP contribution < -0.4 is 5.32 Å². The highest BCUT2D eigenvalue weighted by Crippen LogP contribution is 2.29. The summed E-state index contributed by atoms with van der Waals surface area (Å²) in [5.74, 6) is -0.106. The summed E-state index contributed by atoms with van der Waals surface area (Å²) in [6.45, 7) is 1.04. The van der Waals surface area contributed by atoms with Gasteiger partial charge in [-0.3, -0.25) is 4.79 Å². The first-order chi connectivity index (χ1) is 10.2. The number of methoxy groups -OCH3 is 1. The van der Waals surface area contributed by atoms with Crippen LogP contribution in [-0.4, -0.2) is 26.2 Å². The van der Waals surface area contributed by atoms with Crippen LogP contribution in [0.3, 0.4) is 0 Å². The standard InChI is InChI=1S/C16H16BrNO2S/c1-20-11-10-18-16(19)9-7-14-6-8-15(21-14)12-2-4-13(17)5-3-12/h2-9H,10-11H2,1H3,(H,18,19)/b9-7+. The molecule has 1 amide bonds. The molecule has 0 bridgehead atoms. The fourth-order valence-electron chi connectivity index (χ4n) is 1.70. The minimum atomic E-state index is -0.106. The number of carbonyl (C=O) groups excluding carboxylic acids is 1. The monoisotopic (exact) mass is 365 g/mol. The van der Waals surface area contributed by atoms with Gasteiger partial charge in [0.05, 0.1) is 6.61 Å². The van der Waals surface area contributed by atoms with Gasteiger partial charge in [0.15, 0.2) is 0 Å². The van der Waals surface area contributed by atoms with Gasteiger partial charge in [0.2, 0.25) is 5.91 Å². The molecule has 0 aliphatic rings. The van der Waals surface area contributed by atoms with Crippen molar-refractivity contribution in [1.29, 1.82) is 0 Å². The Morgan fingerprint density at radius 2 is 2.05 bits per heavy atom. The molecule has 0 aliphatic carbocycles. The van der Waals surface area contributed by atoms with Crippen LogP contribution in [0.25, 0.3) is 16.5 Å². The minimum Gasteiger partial charge on any atom is -0.383 e. The smallest absolute Gasteiger partial charge is 0.244 e. The molecule has 0 fully saturated rings. The van der Waals surface area contributed by atoms with Crippen molar-refractivity contribution in [2.75, 3.05) is 20.3 Å². The van der Waals surface area contributed by atoms with Crippen LogP contribution in [0.15, 0.2) is 46.9 Å². The van der Waals surface area contributed by atoms with Gasteiger partial charge in [0, 0.05) is 34.0 Å². The molecule has 1 heterocycles. The molecule has 0 atom stereocenters. The summed E-state index contributed by atoms with van der Waals surface area (Å²) in [6, 6.07) is 12.3. The van der Waals surface area contributed by atoms with E-state index in [0.29, 0.717) is 13.2 Å². The molecule has 1 aromatic heterocycles. The van der Waals surface area contributed by atoms with E-state index >= 15 is 0 Å². The van der Waals surface area contributed by atoms with E-state index < -0.39 is 0 Å². The highest BCUT2D eigenvalue weighted by molar-refractivity contribution is 9.10. The number of amides is 1. The third kappa shape index (κ3) is 5.12. The van der Waals surface area contributed by atoms with Gasteiger partial charge in [-0.05, 0) is 35.9 Å². The Balaban J connectivity index is 1.96. The van der Waals surface area contributed by atoms with E-state index in [4.69, 9.17) is 4.74 Å². The van der Waals surface area contributed by atoms with Crippen molar-refractivity contribution in [1.82, 2.24) is 5.32 Å². The van der Waals surface area contributed by atoms with Crippen molar-refractivity contribution >= 4 is 39.2 Å². The molecule has 3 nitrogen and oxygen atoms in total. The lowest BCUT2D eigenvalue weighted by atomic mass is 10.2. The van der Waals surface area contributed by atoms with Crippen LogP contribution in [0.5, 0.6) is 0 Å². The van der Waals surface area contributed by atoms with Gasteiger partial charge in [-0.2, -0.15) is 0 Å². The maximum Gasteiger partial charge on any atom is 0.244 e. The minimum absolute atomic E-state index is 0.106. The molecule has 2 aromatic rings. The molecule has 0 saturated heterocycles. The summed E-state index contributed by atoms with van der Waals surface area (Å²) in [6.07, 6.45) is 3.38. The highest BCUT2D eigenvalue weighted by atomic mass is 79.9. The summed E-state index contributed by atoms with van der Waals surface area (Å²) in [4.78, 5) is 13.8. The van der Waals surface area contributed by atoms with Gasteiger partial charge in [0.1, 0.15) is 0 Å². The summed E-state index contributed by atoms with van der Waals surface area (Å²) >= 11 is 5.08. The zero-order valence-corrected chi connectivity index (χ0v) is 14.0. The van der Waals surface area contributed by atoms with Crippen LogP contribution in [-0.2, 0) is 9.53 Å². The van der Waals surface area contributed by atoms with E-state index in [9.17, 15) is 4.79 Å². The van der Waals surface area contributed by atoms with E-state index in [-0.39, 0.29) is 5.91 Å². The number of nitrogens with one attached hydrogen (secondary N) is 1. The fraction of sp³-hybridized carbons (Fsp3) is 0.188.